The van der Waals surface area contributed by atoms with Crippen molar-refractivity contribution in [1.82, 2.24) is 9.80 Å². The zero-order chi connectivity index (χ0) is 30.6. The van der Waals surface area contributed by atoms with Gasteiger partial charge in [0, 0.05) is 44.1 Å². The third kappa shape index (κ3) is 5.26. The van der Waals surface area contributed by atoms with E-state index in [9.17, 15) is 19.5 Å². The van der Waals surface area contributed by atoms with Crippen LogP contribution in [0.2, 0.25) is 0 Å². The van der Waals surface area contributed by atoms with E-state index in [0.29, 0.717) is 38.0 Å². The molecule has 1 spiro atoms. The monoisotopic (exact) mass is 580 g/mol. The van der Waals surface area contributed by atoms with Gasteiger partial charge in [0.15, 0.2) is 0 Å². The minimum absolute atomic E-state index is 0.123. The molecule has 0 aromatic heterocycles. The summed E-state index contributed by atoms with van der Waals surface area (Å²) >= 11 is 0. The number of carbonyl (C=O) groups is 3. The first kappa shape index (κ1) is 31.8. The molecule has 1 N–H and O–H groups in total. The van der Waals surface area contributed by atoms with Gasteiger partial charge in [0.2, 0.25) is 11.8 Å². The van der Waals surface area contributed by atoms with Crippen molar-refractivity contribution in [2.24, 2.45) is 11.8 Å². The average Bonchev–Trinajstić information content (AvgIpc) is 3.64. The Hall–Kier alpha value is -3.17. The van der Waals surface area contributed by atoms with Gasteiger partial charge >= 0.3 is 0 Å². The van der Waals surface area contributed by atoms with Gasteiger partial charge in [-0.1, -0.05) is 26.0 Å². The number of nitrogens with zero attached hydrogens (tertiary/aromatic N) is 4. The molecule has 6 atom stereocenters. The van der Waals surface area contributed by atoms with Gasteiger partial charge in [-0.15, -0.1) is 13.2 Å². The topological polar surface area (TPSA) is 93.6 Å². The molecule has 3 saturated heterocycles. The normalized spacial score (nSPS) is 26.6. The van der Waals surface area contributed by atoms with Gasteiger partial charge in [-0.25, -0.2) is 0 Å². The molecule has 2 bridgehead atoms. The minimum atomic E-state index is -1.13. The first-order valence-corrected chi connectivity index (χ1v) is 15.6. The van der Waals surface area contributed by atoms with Gasteiger partial charge in [0.25, 0.3) is 5.91 Å². The standard InChI is InChI=1S/C33H48N4O5/c1-7-19-35(20-8-2)30(39)27-26-17-18-33(42-26)28(27)31(40)37(23(10-4)22-38)29(33)32(41)36(21-9-3)25-15-13-24(14-16-25)34(11-5)12-6/h7,9,13-16,23,26-29,38H,1,3,8,10-12,17-22H2,2,4-6H3/t23-,26-,27+,28-,29?,33?/m0/s1. The van der Waals surface area contributed by atoms with Gasteiger partial charge in [0.05, 0.1) is 30.6 Å². The van der Waals surface area contributed by atoms with Crippen molar-refractivity contribution in [1.29, 1.82) is 0 Å². The lowest BCUT2D eigenvalue weighted by Gasteiger charge is -2.39. The van der Waals surface area contributed by atoms with Gasteiger partial charge < -0.3 is 29.4 Å². The van der Waals surface area contributed by atoms with Crippen LogP contribution < -0.4 is 9.80 Å². The molecule has 3 aliphatic rings. The van der Waals surface area contributed by atoms with Crippen LogP contribution in [0.3, 0.4) is 0 Å². The zero-order valence-corrected chi connectivity index (χ0v) is 25.7. The van der Waals surface area contributed by atoms with E-state index in [4.69, 9.17) is 4.74 Å². The molecule has 3 heterocycles. The van der Waals surface area contributed by atoms with Crippen molar-refractivity contribution in [3.05, 3.63) is 49.6 Å². The summed E-state index contributed by atoms with van der Waals surface area (Å²) in [7, 11) is 0. The van der Waals surface area contributed by atoms with E-state index in [1.54, 1.807) is 26.9 Å². The highest BCUT2D eigenvalue weighted by atomic mass is 16.5. The van der Waals surface area contributed by atoms with Crippen LogP contribution in [0.4, 0.5) is 11.4 Å². The maximum atomic E-state index is 14.7. The number of anilines is 2. The summed E-state index contributed by atoms with van der Waals surface area (Å²) in [5.74, 6) is -2.13. The van der Waals surface area contributed by atoms with Crippen molar-refractivity contribution in [3.8, 4) is 0 Å². The predicted molar refractivity (Wildman–Crippen MR) is 165 cm³/mol. The number of hydrogen-bond donors (Lipinski definition) is 1. The summed E-state index contributed by atoms with van der Waals surface area (Å²) in [5, 5.41) is 10.4. The van der Waals surface area contributed by atoms with E-state index in [1.807, 2.05) is 38.1 Å². The Bertz CT molecular complexity index is 1150. The van der Waals surface area contributed by atoms with Crippen molar-refractivity contribution in [2.45, 2.75) is 77.2 Å². The molecule has 1 aromatic rings. The molecule has 3 amide bonds. The second kappa shape index (κ2) is 13.4. The number of aliphatic hydroxyl groups is 1. The average molecular weight is 581 g/mol. The van der Waals surface area contributed by atoms with Crippen LogP contribution in [0, 0.1) is 11.8 Å². The predicted octanol–water partition coefficient (Wildman–Crippen LogP) is 3.62. The summed E-state index contributed by atoms with van der Waals surface area (Å²) in [6, 6.07) is 6.32. The highest BCUT2D eigenvalue weighted by Crippen LogP contribution is 2.59. The summed E-state index contributed by atoms with van der Waals surface area (Å²) < 4.78 is 6.64. The van der Waals surface area contributed by atoms with E-state index in [2.05, 4.69) is 31.9 Å². The largest absolute Gasteiger partial charge is 0.394 e. The van der Waals surface area contributed by atoms with E-state index in [-0.39, 0.29) is 30.9 Å². The lowest BCUT2D eigenvalue weighted by Crippen LogP contribution is -2.59. The number of ether oxygens (including phenoxy) is 1. The van der Waals surface area contributed by atoms with Crippen molar-refractivity contribution in [3.63, 3.8) is 0 Å². The Kier molecular flexibility index (Phi) is 10.1. The fraction of sp³-hybridized carbons (Fsp3) is 0.606. The SMILES string of the molecule is C=CCN(CCC)C(=O)[C@@H]1[C@@H]2CCC3(O2)C(C(=O)N(CC=C)c2ccc(N(CC)CC)cc2)N([C@@H](CC)CO)C(=O)[C@H]13. The van der Waals surface area contributed by atoms with Crippen LogP contribution in [-0.4, -0.2) is 95.7 Å². The van der Waals surface area contributed by atoms with Crippen LogP contribution in [-0.2, 0) is 19.1 Å². The Labute approximate surface area is 250 Å². The number of likely N-dealkylation sites (tertiary alicyclic amines) is 1. The molecule has 3 aliphatic heterocycles. The zero-order valence-electron chi connectivity index (χ0n) is 25.7. The lowest BCUT2D eigenvalue weighted by molar-refractivity contribution is -0.147. The maximum Gasteiger partial charge on any atom is 0.253 e. The molecule has 0 radical (unpaired) electrons. The van der Waals surface area contributed by atoms with Gasteiger partial charge in [0.1, 0.15) is 11.6 Å². The summed E-state index contributed by atoms with van der Waals surface area (Å²) in [4.78, 5) is 50.2. The van der Waals surface area contributed by atoms with Crippen molar-refractivity contribution < 1.29 is 24.2 Å². The first-order chi connectivity index (χ1) is 20.3. The third-order valence-electron chi connectivity index (χ3n) is 9.35. The van der Waals surface area contributed by atoms with Gasteiger partial charge in [-0.3, -0.25) is 14.4 Å². The fourth-order valence-corrected chi connectivity index (χ4v) is 7.42. The highest BCUT2D eigenvalue weighted by molar-refractivity contribution is 6.05. The number of benzene rings is 1. The fourth-order valence-electron chi connectivity index (χ4n) is 7.42. The Morgan fingerprint density at radius 2 is 1.71 bits per heavy atom. The molecular weight excluding hydrogens is 532 g/mol. The van der Waals surface area contributed by atoms with Gasteiger partial charge in [-0.05, 0) is 63.8 Å². The minimum Gasteiger partial charge on any atom is -0.394 e. The number of fused-ring (bicyclic) bond motifs is 1. The second-order valence-electron chi connectivity index (χ2n) is 11.5. The first-order valence-electron chi connectivity index (χ1n) is 15.6. The molecule has 9 nitrogen and oxygen atoms in total. The van der Waals surface area contributed by atoms with Gasteiger partial charge in [-0.2, -0.15) is 0 Å². The number of aliphatic hydroxyl groups excluding tert-OH is 1. The quantitative estimate of drug-likeness (QED) is 0.319. The van der Waals surface area contributed by atoms with E-state index in [0.717, 1.165) is 25.2 Å². The molecule has 0 saturated carbocycles. The molecule has 3 fully saturated rings. The van der Waals surface area contributed by atoms with E-state index >= 15 is 0 Å². The summed E-state index contributed by atoms with van der Waals surface area (Å²) in [6.07, 6.45) is 5.29. The number of amides is 3. The lowest BCUT2D eigenvalue weighted by atomic mass is 9.70. The molecule has 42 heavy (non-hydrogen) atoms. The second-order valence-corrected chi connectivity index (χ2v) is 11.5. The molecule has 0 aliphatic carbocycles. The van der Waals surface area contributed by atoms with Crippen LogP contribution >= 0.6 is 0 Å². The van der Waals surface area contributed by atoms with E-state index < -0.39 is 35.6 Å². The van der Waals surface area contributed by atoms with Crippen molar-refractivity contribution >= 4 is 29.1 Å². The molecule has 2 unspecified atom stereocenters. The van der Waals surface area contributed by atoms with Crippen LogP contribution in [0.15, 0.2) is 49.6 Å². The number of rotatable bonds is 15. The molecule has 4 rings (SSSR count). The van der Waals surface area contributed by atoms with Crippen LogP contribution in [0.1, 0.15) is 53.4 Å². The van der Waals surface area contributed by atoms with Crippen molar-refractivity contribution in [2.75, 3.05) is 49.1 Å². The third-order valence-corrected chi connectivity index (χ3v) is 9.35. The van der Waals surface area contributed by atoms with Crippen LogP contribution in [0.25, 0.3) is 0 Å². The highest BCUT2D eigenvalue weighted by Gasteiger charge is 2.75. The molecule has 230 valence electrons. The smallest absolute Gasteiger partial charge is 0.253 e. The Morgan fingerprint density at radius 1 is 1.07 bits per heavy atom. The number of hydrogen-bond acceptors (Lipinski definition) is 6. The molecule has 1 aromatic carbocycles. The maximum absolute atomic E-state index is 14.7. The number of carbonyl (C=O) groups excluding carboxylic acids is 3. The summed E-state index contributed by atoms with van der Waals surface area (Å²) in [6.45, 7) is 18.5. The Morgan fingerprint density at radius 3 is 2.26 bits per heavy atom. The molecule has 9 heteroatoms. The van der Waals surface area contributed by atoms with E-state index in [1.165, 1.54) is 0 Å². The Balaban J connectivity index is 1.76. The summed E-state index contributed by atoms with van der Waals surface area (Å²) in [5.41, 5.74) is 0.627. The van der Waals surface area contributed by atoms with Crippen LogP contribution in [0.5, 0.6) is 0 Å². The molecular formula is C33H48N4O5.